The molecule has 1 fully saturated rings. The first-order valence-electron chi connectivity index (χ1n) is 10.3. The molecule has 1 heterocycles. The van der Waals surface area contributed by atoms with E-state index in [1.165, 1.54) is 23.1 Å². The fraction of sp³-hybridized carbons (Fsp3) is 0.348. The first-order valence-corrected chi connectivity index (χ1v) is 10.3. The fourth-order valence-corrected chi connectivity index (χ4v) is 3.72. The lowest BCUT2D eigenvalue weighted by Crippen LogP contribution is -2.51. The first-order chi connectivity index (χ1) is 15.7. The summed E-state index contributed by atoms with van der Waals surface area (Å²) in [5.74, 6) is -2.22. The van der Waals surface area contributed by atoms with Crippen molar-refractivity contribution in [1.29, 1.82) is 0 Å². The molecule has 0 aromatic heterocycles. The van der Waals surface area contributed by atoms with E-state index in [1.54, 1.807) is 24.3 Å². The second-order valence-corrected chi connectivity index (χ2v) is 7.65. The van der Waals surface area contributed by atoms with Gasteiger partial charge in [0.05, 0.1) is 5.56 Å². The highest BCUT2D eigenvalue weighted by atomic mass is 19.4. The van der Waals surface area contributed by atoms with E-state index in [2.05, 4.69) is 5.32 Å². The van der Waals surface area contributed by atoms with E-state index >= 15 is 0 Å². The fourth-order valence-electron chi connectivity index (χ4n) is 3.72. The van der Waals surface area contributed by atoms with Crippen molar-refractivity contribution in [3.8, 4) is 0 Å². The molecule has 0 unspecified atom stereocenters. The average molecular weight is 464 g/mol. The molecule has 2 aromatic carbocycles. The number of aliphatic carboxylic acids is 1. The molecule has 10 heteroatoms. The van der Waals surface area contributed by atoms with Gasteiger partial charge in [-0.2, -0.15) is 13.2 Å². The monoisotopic (exact) mass is 464 g/mol. The Morgan fingerprint density at radius 3 is 2.42 bits per heavy atom. The number of amides is 2. The van der Waals surface area contributed by atoms with Crippen LogP contribution in [0.5, 0.6) is 0 Å². The van der Waals surface area contributed by atoms with Gasteiger partial charge < -0.3 is 15.2 Å². The lowest BCUT2D eigenvalue weighted by atomic mass is 9.99. The number of ether oxygens (including phenoxy) is 1. The standard InChI is InChI=1S/C23H23F3N2O5/c24-23(25,26)17-10-5-4-9-16(17)13-18(21(30)31)27-20(29)19-11-6-12-28(19)22(32)33-14-15-7-2-1-3-8-15/h1-5,7-10,18-19H,6,11-14H2,(H,27,29)(H,30,31)/t18-,19+/m0/s1. The molecular weight excluding hydrogens is 441 g/mol. The molecule has 2 atom stereocenters. The summed E-state index contributed by atoms with van der Waals surface area (Å²) in [7, 11) is 0. The van der Waals surface area contributed by atoms with Crippen LogP contribution in [0.2, 0.25) is 0 Å². The van der Waals surface area contributed by atoms with Crippen molar-refractivity contribution in [2.24, 2.45) is 0 Å². The predicted molar refractivity (Wildman–Crippen MR) is 111 cm³/mol. The summed E-state index contributed by atoms with van der Waals surface area (Å²) in [4.78, 5) is 38.2. The second-order valence-electron chi connectivity index (χ2n) is 7.65. The van der Waals surface area contributed by atoms with Gasteiger partial charge in [0.15, 0.2) is 0 Å². The van der Waals surface area contributed by atoms with Gasteiger partial charge in [0.25, 0.3) is 0 Å². The quantitative estimate of drug-likeness (QED) is 0.653. The molecule has 33 heavy (non-hydrogen) atoms. The SMILES string of the molecule is O=C(O)[C@H](Cc1ccccc1C(F)(F)F)NC(=O)[C@H]1CCCN1C(=O)OCc1ccccc1. The smallest absolute Gasteiger partial charge is 0.416 e. The summed E-state index contributed by atoms with van der Waals surface area (Å²) in [5, 5.41) is 11.8. The number of nitrogens with one attached hydrogen (secondary N) is 1. The highest BCUT2D eigenvalue weighted by molar-refractivity contribution is 5.89. The van der Waals surface area contributed by atoms with Crippen LogP contribution in [0.3, 0.4) is 0 Å². The van der Waals surface area contributed by atoms with Crippen LogP contribution < -0.4 is 5.32 Å². The van der Waals surface area contributed by atoms with Crippen molar-refractivity contribution in [2.45, 2.75) is 44.1 Å². The maximum Gasteiger partial charge on any atom is 0.416 e. The van der Waals surface area contributed by atoms with Crippen molar-refractivity contribution in [2.75, 3.05) is 6.54 Å². The number of halogens is 3. The molecule has 0 aliphatic carbocycles. The van der Waals surface area contributed by atoms with Gasteiger partial charge >= 0.3 is 18.2 Å². The van der Waals surface area contributed by atoms with Gasteiger partial charge in [-0.1, -0.05) is 48.5 Å². The van der Waals surface area contributed by atoms with Gasteiger partial charge in [-0.3, -0.25) is 9.69 Å². The first kappa shape index (κ1) is 24.1. The zero-order chi connectivity index (χ0) is 24.0. The summed E-state index contributed by atoms with van der Waals surface area (Å²) in [6, 6.07) is 11.0. The number of hydrogen-bond donors (Lipinski definition) is 2. The van der Waals surface area contributed by atoms with Crippen molar-refractivity contribution in [3.63, 3.8) is 0 Å². The number of carboxylic acid groups (broad SMARTS) is 1. The number of carbonyl (C=O) groups is 3. The Bertz CT molecular complexity index is 997. The summed E-state index contributed by atoms with van der Waals surface area (Å²) in [6.45, 7) is 0.261. The topological polar surface area (TPSA) is 95.9 Å². The highest BCUT2D eigenvalue weighted by Crippen LogP contribution is 2.32. The number of benzene rings is 2. The van der Waals surface area contributed by atoms with E-state index in [0.29, 0.717) is 6.42 Å². The number of rotatable bonds is 7. The van der Waals surface area contributed by atoms with Gasteiger partial charge in [0.2, 0.25) is 5.91 Å². The van der Waals surface area contributed by atoms with Gasteiger partial charge in [-0.15, -0.1) is 0 Å². The molecule has 3 rings (SSSR count). The van der Waals surface area contributed by atoms with Crippen LogP contribution in [0.15, 0.2) is 54.6 Å². The maximum atomic E-state index is 13.3. The van der Waals surface area contributed by atoms with Crippen LogP contribution in [0.1, 0.15) is 29.5 Å². The minimum Gasteiger partial charge on any atom is -0.480 e. The van der Waals surface area contributed by atoms with Crippen LogP contribution in [0.4, 0.5) is 18.0 Å². The average Bonchev–Trinajstić information content (AvgIpc) is 3.27. The number of hydrogen-bond acceptors (Lipinski definition) is 4. The van der Waals surface area contributed by atoms with Gasteiger partial charge in [-0.25, -0.2) is 9.59 Å². The van der Waals surface area contributed by atoms with E-state index in [9.17, 15) is 32.7 Å². The zero-order valence-corrected chi connectivity index (χ0v) is 17.5. The molecule has 0 spiro atoms. The number of carboxylic acids is 1. The number of carbonyl (C=O) groups excluding carboxylic acids is 2. The molecule has 1 saturated heterocycles. The summed E-state index contributed by atoms with van der Waals surface area (Å²) in [6.07, 6.45) is -5.13. The number of nitrogens with zero attached hydrogens (tertiary/aromatic N) is 1. The third kappa shape index (κ3) is 6.24. The molecule has 176 valence electrons. The summed E-state index contributed by atoms with van der Waals surface area (Å²) in [5.41, 5.74) is -0.443. The van der Waals surface area contributed by atoms with Crippen LogP contribution in [-0.2, 0) is 33.5 Å². The molecule has 0 bridgehead atoms. The van der Waals surface area contributed by atoms with Gasteiger partial charge in [-0.05, 0) is 30.0 Å². The summed E-state index contributed by atoms with van der Waals surface area (Å²) >= 11 is 0. The zero-order valence-electron chi connectivity index (χ0n) is 17.5. The van der Waals surface area contributed by atoms with E-state index in [4.69, 9.17) is 4.74 Å². The van der Waals surface area contributed by atoms with Crippen LogP contribution in [0, 0.1) is 0 Å². The minimum atomic E-state index is -4.66. The normalized spacial score (nSPS) is 16.8. The van der Waals surface area contributed by atoms with Crippen molar-refractivity contribution < 1.29 is 37.4 Å². The van der Waals surface area contributed by atoms with Crippen LogP contribution in [-0.4, -0.2) is 46.6 Å². The number of alkyl halides is 3. The third-order valence-corrected chi connectivity index (χ3v) is 5.36. The lowest BCUT2D eigenvalue weighted by Gasteiger charge is -2.25. The molecular formula is C23H23F3N2O5. The Hall–Kier alpha value is -3.56. The molecule has 7 nitrogen and oxygen atoms in total. The Morgan fingerprint density at radius 2 is 1.76 bits per heavy atom. The molecule has 0 saturated carbocycles. The van der Waals surface area contributed by atoms with E-state index in [1.807, 2.05) is 6.07 Å². The van der Waals surface area contributed by atoms with E-state index < -0.39 is 48.2 Å². The minimum absolute atomic E-state index is 0.0104. The Labute approximate surface area is 188 Å². The predicted octanol–water partition coefficient (Wildman–Crippen LogP) is 3.62. The maximum absolute atomic E-state index is 13.3. The Morgan fingerprint density at radius 1 is 1.09 bits per heavy atom. The van der Waals surface area contributed by atoms with E-state index in [0.717, 1.165) is 11.6 Å². The number of likely N-dealkylation sites (tertiary alicyclic amines) is 1. The molecule has 0 radical (unpaired) electrons. The molecule has 2 amide bonds. The Balaban J connectivity index is 1.66. The molecule has 1 aliphatic heterocycles. The lowest BCUT2D eigenvalue weighted by molar-refractivity contribution is -0.143. The molecule has 2 aromatic rings. The van der Waals surface area contributed by atoms with Gasteiger partial charge in [0, 0.05) is 13.0 Å². The van der Waals surface area contributed by atoms with Crippen LogP contribution in [0.25, 0.3) is 0 Å². The molecule has 1 aliphatic rings. The highest BCUT2D eigenvalue weighted by Gasteiger charge is 2.38. The largest absolute Gasteiger partial charge is 0.480 e. The van der Waals surface area contributed by atoms with Crippen molar-refractivity contribution in [1.82, 2.24) is 10.2 Å². The van der Waals surface area contributed by atoms with Crippen molar-refractivity contribution in [3.05, 3.63) is 71.3 Å². The van der Waals surface area contributed by atoms with Crippen molar-refractivity contribution >= 4 is 18.0 Å². The Kier molecular flexibility index (Phi) is 7.57. The van der Waals surface area contributed by atoms with Gasteiger partial charge in [0.1, 0.15) is 18.7 Å². The third-order valence-electron chi connectivity index (χ3n) is 5.36. The summed E-state index contributed by atoms with van der Waals surface area (Å²) < 4.78 is 45.0. The second kappa shape index (κ2) is 10.4. The van der Waals surface area contributed by atoms with Crippen LogP contribution >= 0.6 is 0 Å². The molecule has 2 N–H and O–H groups in total. The van der Waals surface area contributed by atoms with E-state index in [-0.39, 0.29) is 25.1 Å².